The van der Waals surface area contributed by atoms with E-state index in [0.29, 0.717) is 5.82 Å². The molecule has 1 aliphatic rings. The largest absolute Gasteiger partial charge is 0.300 e. The smallest absolute Gasteiger partial charge is 0.271 e. The van der Waals surface area contributed by atoms with Gasteiger partial charge in [0.05, 0.1) is 0 Å². The Kier molecular flexibility index (Phi) is 3.83. The molecule has 110 valence electrons. The summed E-state index contributed by atoms with van der Waals surface area (Å²) < 4.78 is 30.3. The van der Waals surface area contributed by atoms with Crippen LogP contribution in [0.15, 0.2) is 34.7 Å². The standard InChI is InChI=1S/C13H13N3O3S2/c17-11-6-8-16(9-7-11)21(18,19)13-14-12(15-20-13)10-4-2-1-3-5-10/h1-5H,6-9H2. The number of ketones is 1. The highest BCUT2D eigenvalue weighted by Crippen LogP contribution is 2.24. The van der Waals surface area contributed by atoms with Crippen LogP contribution in [0.3, 0.4) is 0 Å². The Morgan fingerprint density at radius 3 is 2.43 bits per heavy atom. The van der Waals surface area contributed by atoms with E-state index in [4.69, 9.17) is 0 Å². The molecule has 0 unspecified atom stereocenters. The van der Waals surface area contributed by atoms with Crippen molar-refractivity contribution in [3.05, 3.63) is 30.3 Å². The monoisotopic (exact) mass is 323 g/mol. The number of piperidine rings is 1. The Balaban J connectivity index is 1.87. The summed E-state index contributed by atoms with van der Waals surface area (Å²) in [5.41, 5.74) is 0.782. The van der Waals surface area contributed by atoms with Crippen LogP contribution in [0, 0.1) is 0 Å². The van der Waals surface area contributed by atoms with Gasteiger partial charge in [-0.2, -0.15) is 8.68 Å². The van der Waals surface area contributed by atoms with Crippen molar-refractivity contribution in [1.29, 1.82) is 0 Å². The lowest BCUT2D eigenvalue weighted by Gasteiger charge is -2.23. The Morgan fingerprint density at radius 1 is 1.10 bits per heavy atom. The number of carbonyl (C=O) groups excluding carboxylic acids is 1. The Labute approximate surface area is 126 Å². The average molecular weight is 323 g/mol. The maximum absolute atomic E-state index is 12.5. The van der Waals surface area contributed by atoms with Gasteiger partial charge in [-0.25, -0.2) is 13.4 Å². The number of hydrogen-bond acceptors (Lipinski definition) is 6. The molecule has 0 saturated carbocycles. The summed E-state index contributed by atoms with van der Waals surface area (Å²) in [5.74, 6) is 0.510. The summed E-state index contributed by atoms with van der Waals surface area (Å²) in [5, 5.41) is 0. The van der Waals surface area contributed by atoms with E-state index in [1.807, 2.05) is 30.3 Å². The number of rotatable bonds is 3. The molecule has 1 aliphatic heterocycles. The number of carbonyl (C=O) groups is 1. The van der Waals surface area contributed by atoms with Crippen molar-refractivity contribution in [3.63, 3.8) is 0 Å². The number of nitrogens with zero attached hydrogens (tertiary/aromatic N) is 3. The topological polar surface area (TPSA) is 80.2 Å². The van der Waals surface area contributed by atoms with Crippen molar-refractivity contribution >= 4 is 27.3 Å². The molecule has 0 amide bonds. The van der Waals surface area contributed by atoms with Crippen LogP contribution >= 0.6 is 11.5 Å². The van der Waals surface area contributed by atoms with Gasteiger partial charge >= 0.3 is 0 Å². The van der Waals surface area contributed by atoms with Crippen molar-refractivity contribution in [2.24, 2.45) is 0 Å². The molecule has 21 heavy (non-hydrogen) atoms. The van der Waals surface area contributed by atoms with E-state index in [-0.39, 0.29) is 36.1 Å². The minimum Gasteiger partial charge on any atom is -0.300 e. The molecule has 0 radical (unpaired) electrons. The zero-order chi connectivity index (χ0) is 14.9. The highest BCUT2D eigenvalue weighted by Gasteiger charge is 2.31. The summed E-state index contributed by atoms with van der Waals surface area (Å²) in [6.07, 6.45) is 0.535. The van der Waals surface area contributed by atoms with Crippen molar-refractivity contribution < 1.29 is 13.2 Å². The fourth-order valence-corrected chi connectivity index (χ4v) is 4.43. The molecule has 1 aromatic heterocycles. The van der Waals surface area contributed by atoms with Gasteiger partial charge in [-0.1, -0.05) is 30.3 Å². The lowest BCUT2D eigenvalue weighted by atomic mass is 10.1. The summed E-state index contributed by atoms with van der Waals surface area (Å²) >= 11 is 0.870. The third-order valence-electron chi connectivity index (χ3n) is 3.28. The van der Waals surface area contributed by atoms with E-state index in [2.05, 4.69) is 9.36 Å². The molecule has 0 spiro atoms. The molecule has 2 aromatic rings. The normalized spacial score (nSPS) is 17.0. The SMILES string of the molecule is O=C1CCN(S(=O)(=O)c2nc(-c3ccccc3)ns2)CC1. The van der Waals surface area contributed by atoms with Gasteiger partial charge < -0.3 is 0 Å². The van der Waals surface area contributed by atoms with Gasteiger partial charge in [0.25, 0.3) is 10.0 Å². The zero-order valence-electron chi connectivity index (χ0n) is 11.1. The van der Waals surface area contributed by atoms with E-state index in [0.717, 1.165) is 17.1 Å². The molecule has 1 saturated heterocycles. The quantitative estimate of drug-likeness (QED) is 0.856. The minimum absolute atomic E-state index is 0.0179. The molecule has 3 rings (SSSR count). The molecule has 0 bridgehead atoms. The minimum atomic E-state index is -3.65. The first kappa shape index (κ1) is 14.3. The number of hydrogen-bond donors (Lipinski definition) is 0. The third kappa shape index (κ3) is 2.87. The Hall–Kier alpha value is -1.64. The average Bonchev–Trinajstić information content (AvgIpc) is 2.99. The number of benzene rings is 1. The highest BCUT2D eigenvalue weighted by molar-refractivity contribution is 7.91. The number of Topliss-reactive ketones (excluding diaryl/α,β-unsaturated/α-hetero) is 1. The summed E-state index contributed by atoms with van der Waals surface area (Å²) in [6.45, 7) is 0.447. The first-order chi connectivity index (χ1) is 10.1. The summed E-state index contributed by atoms with van der Waals surface area (Å²) in [7, 11) is -3.65. The first-order valence-electron chi connectivity index (χ1n) is 6.48. The fourth-order valence-electron chi connectivity index (χ4n) is 2.11. The Morgan fingerprint density at radius 2 is 1.76 bits per heavy atom. The molecule has 0 aliphatic carbocycles. The van der Waals surface area contributed by atoms with Gasteiger partial charge in [0, 0.05) is 31.5 Å². The second-order valence-corrected chi connectivity index (χ2v) is 7.56. The second kappa shape index (κ2) is 5.63. The maximum atomic E-state index is 12.5. The molecule has 1 fully saturated rings. The predicted octanol–water partition coefficient (Wildman–Crippen LogP) is 1.56. The van der Waals surface area contributed by atoms with Crippen LogP contribution in [0.1, 0.15) is 12.8 Å². The molecular formula is C13H13N3O3S2. The van der Waals surface area contributed by atoms with Crippen LogP contribution in [0.5, 0.6) is 0 Å². The van der Waals surface area contributed by atoms with Gasteiger partial charge in [-0.15, -0.1) is 0 Å². The molecular weight excluding hydrogens is 310 g/mol. The van der Waals surface area contributed by atoms with E-state index in [9.17, 15) is 13.2 Å². The van der Waals surface area contributed by atoms with E-state index in [1.54, 1.807) is 0 Å². The molecule has 1 aromatic carbocycles. The third-order valence-corrected chi connectivity index (χ3v) is 6.22. The molecule has 6 nitrogen and oxygen atoms in total. The summed E-state index contributed by atoms with van der Waals surface area (Å²) in [4.78, 5) is 15.4. The van der Waals surface area contributed by atoms with Crippen LogP contribution in [0.4, 0.5) is 0 Å². The number of aromatic nitrogens is 2. The van der Waals surface area contributed by atoms with Crippen molar-refractivity contribution in [3.8, 4) is 11.4 Å². The fraction of sp³-hybridized carbons (Fsp3) is 0.308. The predicted molar refractivity (Wildman–Crippen MR) is 78.3 cm³/mol. The van der Waals surface area contributed by atoms with Gasteiger partial charge in [0.15, 0.2) is 5.82 Å². The highest BCUT2D eigenvalue weighted by atomic mass is 32.2. The molecule has 0 N–H and O–H groups in total. The van der Waals surface area contributed by atoms with Crippen LogP contribution in [-0.2, 0) is 14.8 Å². The second-order valence-electron chi connectivity index (χ2n) is 4.69. The van der Waals surface area contributed by atoms with Gasteiger partial charge in [0.2, 0.25) is 4.34 Å². The van der Waals surface area contributed by atoms with E-state index in [1.165, 1.54) is 4.31 Å². The van der Waals surface area contributed by atoms with Gasteiger partial charge in [0.1, 0.15) is 5.78 Å². The van der Waals surface area contributed by atoms with Crippen LogP contribution in [-0.4, -0.2) is 41.0 Å². The van der Waals surface area contributed by atoms with Crippen molar-refractivity contribution in [1.82, 2.24) is 13.7 Å². The Bertz CT molecular complexity index is 746. The van der Waals surface area contributed by atoms with Crippen molar-refractivity contribution in [2.45, 2.75) is 17.2 Å². The lowest BCUT2D eigenvalue weighted by molar-refractivity contribution is -0.120. The summed E-state index contributed by atoms with van der Waals surface area (Å²) in [6, 6.07) is 9.23. The maximum Gasteiger partial charge on any atom is 0.271 e. The lowest BCUT2D eigenvalue weighted by Crippen LogP contribution is -2.38. The van der Waals surface area contributed by atoms with Crippen LogP contribution in [0.25, 0.3) is 11.4 Å². The molecule has 8 heteroatoms. The van der Waals surface area contributed by atoms with Crippen molar-refractivity contribution in [2.75, 3.05) is 13.1 Å². The first-order valence-corrected chi connectivity index (χ1v) is 8.70. The van der Waals surface area contributed by atoms with Crippen LogP contribution in [0.2, 0.25) is 0 Å². The van der Waals surface area contributed by atoms with E-state index >= 15 is 0 Å². The van der Waals surface area contributed by atoms with Crippen LogP contribution < -0.4 is 0 Å². The molecule has 2 heterocycles. The zero-order valence-corrected chi connectivity index (χ0v) is 12.7. The molecule has 0 atom stereocenters. The number of sulfonamides is 1. The van der Waals surface area contributed by atoms with E-state index < -0.39 is 10.0 Å². The van der Waals surface area contributed by atoms with Gasteiger partial charge in [-0.05, 0) is 11.5 Å². The van der Waals surface area contributed by atoms with Gasteiger partial charge in [-0.3, -0.25) is 4.79 Å².